The van der Waals surface area contributed by atoms with Gasteiger partial charge in [-0.25, -0.2) is 0 Å². The molecule has 4 rings (SSSR count). The van der Waals surface area contributed by atoms with Gasteiger partial charge in [0.2, 0.25) is 5.91 Å². The first-order chi connectivity index (χ1) is 21.9. The maximum absolute atomic E-state index is 14.0. The Balaban J connectivity index is 1.78. The Hall–Kier alpha value is -3.37. The number of carbonyl (C=O) groups is 2. The minimum atomic E-state index is -4.61. The van der Waals surface area contributed by atoms with Crippen molar-refractivity contribution in [2.24, 2.45) is 0 Å². The lowest BCUT2D eigenvalue weighted by Gasteiger charge is -2.40. The van der Waals surface area contributed by atoms with Crippen molar-refractivity contribution in [2.75, 3.05) is 20.3 Å². The molecule has 14 heteroatoms. The summed E-state index contributed by atoms with van der Waals surface area (Å²) in [5, 5.41) is 33.7. The molecule has 0 unspecified atom stereocenters. The highest BCUT2D eigenvalue weighted by Gasteiger charge is 2.41. The van der Waals surface area contributed by atoms with E-state index in [2.05, 4.69) is 5.32 Å². The summed E-state index contributed by atoms with van der Waals surface area (Å²) in [5.74, 6) is -0.785. The zero-order chi connectivity index (χ0) is 33.6. The molecule has 0 aliphatic heterocycles. The first-order valence-corrected chi connectivity index (χ1v) is 15.5. The third-order valence-corrected chi connectivity index (χ3v) is 8.38. The van der Waals surface area contributed by atoms with Gasteiger partial charge in [-0.15, -0.1) is 0 Å². The first kappa shape index (κ1) is 35.5. The fraction of sp³-hybridized carbons (Fsp3) is 0.312. The van der Waals surface area contributed by atoms with Crippen LogP contribution in [0.3, 0.4) is 0 Å². The van der Waals surface area contributed by atoms with E-state index in [1.165, 1.54) is 18.1 Å². The number of hydrogen-bond acceptors (Lipinski definition) is 7. The van der Waals surface area contributed by atoms with E-state index in [1.807, 2.05) is 22.6 Å². The second-order valence-corrected chi connectivity index (χ2v) is 12.0. The average Bonchev–Trinajstić information content (AvgIpc) is 3.04. The molecule has 46 heavy (non-hydrogen) atoms. The lowest BCUT2D eigenvalue weighted by atomic mass is 9.87. The normalized spacial score (nSPS) is 18.0. The third kappa shape index (κ3) is 8.50. The number of ether oxygens (including phenoxy) is 2. The maximum Gasteiger partial charge on any atom is 0.416 e. The van der Waals surface area contributed by atoms with Gasteiger partial charge in [-0.3, -0.25) is 9.59 Å². The molecule has 0 heterocycles. The van der Waals surface area contributed by atoms with Gasteiger partial charge in [-0.1, -0.05) is 23.7 Å². The summed E-state index contributed by atoms with van der Waals surface area (Å²) in [6.45, 7) is -0.737. The van der Waals surface area contributed by atoms with Crippen LogP contribution in [-0.4, -0.2) is 70.5 Å². The molecule has 0 saturated heterocycles. The second kappa shape index (κ2) is 15.5. The van der Waals surface area contributed by atoms with E-state index in [0.29, 0.717) is 19.7 Å². The van der Waals surface area contributed by atoms with E-state index < -0.39 is 41.8 Å². The van der Waals surface area contributed by atoms with Crippen LogP contribution in [0, 0.1) is 3.57 Å². The highest BCUT2D eigenvalue weighted by atomic mass is 127. The second-order valence-electron chi connectivity index (χ2n) is 10.4. The number of aliphatic hydroxyl groups is 3. The highest BCUT2D eigenvalue weighted by Crippen LogP contribution is 2.38. The average molecular weight is 775 g/mol. The Morgan fingerprint density at radius 3 is 2.33 bits per heavy atom. The van der Waals surface area contributed by atoms with E-state index in [1.54, 1.807) is 36.4 Å². The Kier molecular flexibility index (Phi) is 11.9. The van der Waals surface area contributed by atoms with Crippen LogP contribution in [0.2, 0.25) is 5.02 Å². The summed E-state index contributed by atoms with van der Waals surface area (Å²) >= 11 is 8.04. The molecular formula is C32H31ClF3IN2O7. The SMILES string of the molecule is COc1cc(CO)cc(I)c1O[C@H]1C=C(C(=O)NCCO)C[C@@H](N(Cc2ccc(Cl)cc2)C(=O)c2ccc(C(F)(F)F)cc2)[C@@H]1O. The van der Waals surface area contributed by atoms with Crippen molar-refractivity contribution >= 4 is 46.0 Å². The molecular weight excluding hydrogens is 744 g/mol. The van der Waals surface area contributed by atoms with Gasteiger partial charge in [-0.2, -0.15) is 13.2 Å². The molecule has 3 aromatic carbocycles. The van der Waals surface area contributed by atoms with Crippen molar-refractivity contribution in [1.29, 1.82) is 0 Å². The molecule has 3 atom stereocenters. The molecule has 2 amide bonds. The Morgan fingerprint density at radius 1 is 1.07 bits per heavy atom. The molecule has 9 nitrogen and oxygen atoms in total. The fourth-order valence-corrected chi connectivity index (χ4v) is 5.91. The molecule has 0 radical (unpaired) electrons. The van der Waals surface area contributed by atoms with Crippen molar-refractivity contribution < 1.29 is 47.6 Å². The van der Waals surface area contributed by atoms with Crippen LogP contribution in [0.5, 0.6) is 11.5 Å². The van der Waals surface area contributed by atoms with Gasteiger partial charge in [0, 0.05) is 35.7 Å². The van der Waals surface area contributed by atoms with Crippen LogP contribution in [0.15, 0.2) is 72.3 Å². The Bertz CT molecular complexity index is 1570. The van der Waals surface area contributed by atoms with Crippen molar-refractivity contribution in [3.05, 3.63) is 103 Å². The van der Waals surface area contributed by atoms with Gasteiger partial charge in [0.25, 0.3) is 5.91 Å². The number of alkyl halides is 3. The van der Waals surface area contributed by atoms with Gasteiger partial charge in [0.05, 0.1) is 35.5 Å². The van der Waals surface area contributed by atoms with Gasteiger partial charge < -0.3 is 35.0 Å². The molecule has 0 bridgehead atoms. The maximum atomic E-state index is 14.0. The van der Waals surface area contributed by atoms with Crippen LogP contribution in [0.4, 0.5) is 13.2 Å². The van der Waals surface area contributed by atoms with Crippen LogP contribution in [0.1, 0.15) is 33.5 Å². The zero-order valence-electron chi connectivity index (χ0n) is 24.4. The lowest BCUT2D eigenvalue weighted by Crippen LogP contribution is -2.54. The minimum absolute atomic E-state index is 0.0533. The summed E-state index contributed by atoms with van der Waals surface area (Å²) in [6, 6.07) is 12.4. The van der Waals surface area contributed by atoms with E-state index in [-0.39, 0.29) is 55.4 Å². The molecule has 0 saturated carbocycles. The molecule has 4 N–H and O–H groups in total. The predicted molar refractivity (Wildman–Crippen MR) is 171 cm³/mol. The molecule has 1 aliphatic carbocycles. The predicted octanol–water partition coefficient (Wildman–Crippen LogP) is 4.72. The number of aliphatic hydroxyl groups excluding tert-OH is 3. The number of nitrogens with zero attached hydrogens (tertiary/aromatic N) is 1. The van der Waals surface area contributed by atoms with Crippen LogP contribution >= 0.6 is 34.2 Å². The van der Waals surface area contributed by atoms with Crippen molar-refractivity contribution in [2.45, 2.75) is 44.0 Å². The highest BCUT2D eigenvalue weighted by molar-refractivity contribution is 14.1. The Labute approximate surface area is 281 Å². The van der Waals surface area contributed by atoms with Gasteiger partial charge in [0.15, 0.2) is 11.5 Å². The minimum Gasteiger partial charge on any atom is -0.493 e. The van der Waals surface area contributed by atoms with Crippen LogP contribution in [-0.2, 0) is 24.1 Å². The monoisotopic (exact) mass is 774 g/mol. The molecule has 0 spiro atoms. The fourth-order valence-electron chi connectivity index (χ4n) is 4.99. The molecule has 1 aliphatic rings. The standard InChI is InChI=1S/C32H31ClF3IN2O7/c1-45-27-13-19(17-41)12-24(37)29(27)46-26-15-21(30(43)38-10-11-40)14-25(28(26)42)39(16-18-2-8-23(33)9-3-18)31(44)20-4-6-22(7-5-20)32(34,35)36/h2-9,12-13,15,25-26,28,40-42H,10-11,14,16-17H2,1H3,(H,38,43)/t25-,26+,28+/m1/s1. The quantitative estimate of drug-likeness (QED) is 0.208. The Morgan fingerprint density at radius 2 is 1.74 bits per heavy atom. The number of methoxy groups -OCH3 is 1. The number of carbonyl (C=O) groups excluding carboxylic acids is 2. The van der Waals surface area contributed by atoms with E-state index in [9.17, 15) is 38.1 Å². The van der Waals surface area contributed by atoms with Crippen LogP contribution in [0.25, 0.3) is 0 Å². The summed E-state index contributed by atoms with van der Waals surface area (Å²) in [7, 11) is 1.40. The molecule has 246 valence electrons. The van der Waals surface area contributed by atoms with Crippen molar-refractivity contribution in [3.8, 4) is 11.5 Å². The smallest absolute Gasteiger partial charge is 0.416 e. The number of benzene rings is 3. The van der Waals surface area contributed by atoms with E-state index >= 15 is 0 Å². The molecule has 0 aromatic heterocycles. The topological polar surface area (TPSA) is 129 Å². The first-order valence-electron chi connectivity index (χ1n) is 14.0. The van der Waals surface area contributed by atoms with Gasteiger partial charge >= 0.3 is 6.18 Å². The number of halogens is 5. The number of rotatable bonds is 11. The summed E-state index contributed by atoms with van der Waals surface area (Å²) in [6.07, 6.45) is -5.96. The summed E-state index contributed by atoms with van der Waals surface area (Å²) in [4.78, 5) is 28.5. The van der Waals surface area contributed by atoms with Crippen molar-refractivity contribution in [3.63, 3.8) is 0 Å². The largest absolute Gasteiger partial charge is 0.493 e. The van der Waals surface area contributed by atoms with Crippen LogP contribution < -0.4 is 14.8 Å². The summed E-state index contributed by atoms with van der Waals surface area (Å²) in [5.41, 5.74) is 0.304. The number of amides is 2. The molecule has 3 aromatic rings. The van der Waals surface area contributed by atoms with E-state index in [0.717, 1.165) is 24.3 Å². The van der Waals surface area contributed by atoms with Crippen molar-refractivity contribution in [1.82, 2.24) is 10.2 Å². The zero-order valence-corrected chi connectivity index (χ0v) is 27.3. The number of hydrogen-bond donors (Lipinski definition) is 4. The van der Waals surface area contributed by atoms with Gasteiger partial charge in [0.1, 0.15) is 12.2 Å². The number of nitrogens with one attached hydrogen (secondary N) is 1. The lowest BCUT2D eigenvalue weighted by molar-refractivity contribution is -0.137. The summed E-state index contributed by atoms with van der Waals surface area (Å²) < 4.78 is 52.0. The third-order valence-electron chi connectivity index (χ3n) is 7.33. The van der Waals surface area contributed by atoms with Gasteiger partial charge in [-0.05, 0) is 88.3 Å². The molecule has 0 fully saturated rings. The van der Waals surface area contributed by atoms with E-state index in [4.69, 9.17) is 21.1 Å².